The molecule has 0 atom stereocenters. The number of rotatable bonds is 2. The average molecular weight is 266 g/mol. The molecule has 0 saturated carbocycles. The molecule has 0 aliphatic heterocycles. The Balaban J connectivity index is 2.32. The number of halogens is 1. The Morgan fingerprint density at radius 1 is 1.28 bits per heavy atom. The van der Waals surface area contributed by atoms with Gasteiger partial charge in [0, 0.05) is 6.07 Å². The number of nitrogens with two attached hydrogens (primary N) is 1. The van der Waals surface area contributed by atoms with E-state index in [-0.39, 0.29) is 5.41 Å². The standard InChI is InChI=1S/C12H16ClN5/c1-12(2,3)7-8-6-10(14)18(17-8)11-5-4-9(13)15-16-11/h4-6H,7,14H2,1-3H3. The number of nitrogens with zero attached hydrogens (tertiary/aromatic N) is 4. The summed E-state index contributed by atoms with van der Waals surface area (Å²) in [4.78, 5) is 0. The summed E-state index contributed by atoms with van der Waals surface area (Å²) in [6.45, 7) is 6.47. The maximum atomic E-state index is 5.93. The fourth-order valence-corrected chi connectivity index (χ4v) is 1.78. The maximum absolute atomic E-state index is 5.93. The van der Waals surface area contributed by atoms with Gasteiger partial charge in [-0.3, -0.25) is 0 Å². The minimum absolute atomic E-state index is 0.164. The van der Waals surface area contributed by atoms with Crippen LogP contribution >= 0.6 is 11.6 Å². The van der Waals surface area contributed by atoms with Crippen molar-refractivity contribution in [1.82, 2.24) is 20.0 Å². The molecule has 2 rings (SSSR count). The van der Waals surface area contributed by atoms with Crippen LogP contribution in [0.4, 0.5) is 5.82 Å². The van der Waals surface area contributed by atoms with Crippen LogP contribution in [0.15, 0.2) is 18.2 Å². The summed E-state index contributed by atoms with van der Waals surface area (Å²) >= 11 is 5.70. The smallest absolute Gasteiger partial charge is 0.178 e. The third kappa shape index (κ3) is 2.98. The molecule has 0 bridgehead atoms. The summed E-state index contributed by atoms with van der Waals surface area (Å²) in [5.74, 6) is 1.11. The first-order valence-corrected chi connectivity index (χ1v) is 6.07. The first-order chi connectivity index (χ1) is 8.35. The van der Waals surface area contributed by atoms with E-state index < -0.39 is 0 Å². The molecule has 0 fully saturated rings. The van der Waals surface area contributed by atoms with Crippen LogP contribution in [0, 0.1) is 5.41 Å². The molecule has 0 saturated heterocycles. The predicted octanol–water partition coefficient (Wildman–Crippen LogP) is 2.49. The van der Waals surface area contributed by atoms with Gasteiger partial charge in [-0.05, 0) is 24.0 Å². The van der Waals surface area contributed by atoms with Crippen LogP contribution in [-0.2, 0) is 6.42 Å². The van der Waals surface area contributed by atoms with Crippen molar-refractivity contribution >= 4 is 17.4 Å². The molecule has 0 radical (unpaired) electrons. The van der Waals surface area contributed by atoms with Gasteiger partial charge < -0.3 is 5.73 Å². The van der Waals surface area contributed by atoms with E-state index in [2.05, 4.69) is 36.1 Å². The molecule has 0 aliphatic carbocycles. The Kier molecular flexibility index (Phi) is 3.26. The summed E-state index contributed by atoms with van der Waals surface area (Å²) in [5.41, 5.74) is 7.04. The van der Waals surface area contributed by atoms with Crippen LogP contribution in [0.3, 0.4) is 0 Å². The Hall–Kier alpha value is -1.62. The lowest BCUT2D eigenvalue weighted by atomic mass is 9.91. The van der Waals surface area contributed by atoms with Gasteiger partial charge in [-0.2, -0.15) is 9.78 Å². The van der Waals surface area contributed by atoms with Gasteiger partial charge in [0.15, 0.2) is 11.0 Å². The van der Waals surface area contributed by atoms with Gasteiger partial charge in [0.25, 0.3) is 0 Å². The van der Waals surface area contributed by atoms with Crippen LogP contribution in [-0.4, -0.2) is 20.0 Å². The molecule has 5 nitrogen and oxygen atoms in total. The molecule has 2 aromatic rings. The molecule has 0 spiro atoms. The fraction of sp³-hybridized carbons (Fsp3) is 0.417. The molecular weight excluding hydrogens is 250 g/mol. The zero-order valence-corrected chi connectivity index (χ0v) is 11.4. The Morgan fingerprint density at radius 3 is 2.56 bits per heavy atom. The van der Waals surface area contributed by atoms with Gasteiger partial charge in [0.05, 0.1) is 5.69 Å². The first-order valence-electron chi connectivity index (χ1n) is 5.69. The number of anilines is 1. The normalized spacial score (nSPS) is 11.8. The molecule has 0 unspecified atom stereocenters. The Bertz CT molecular complexity index is 539. The number of aromatic nitrogens is 4. The van der Waals surface area contributed by atoms with E-state index in [1.807, 2.05) is 6.07 Å². The quantitative estimate of drug-likeness (QED) is 0.906. The van der Waals surface area contributed by atoms with Crippen molar-refractivity contribution in [2.75, 3.05) is 5.73 Å². The van der Waals surface area contributed by atoms with Crippen LogP contribution < -0.4 is 5.73 Å². The molecule has 2 heterocycles. The molecule has 18 heavy (non-hydrogen) atoms. The van der Waals surface area contributed by atoms with E-state index in [1.54, 1.807) is 16.8 Å². The van der Waals surface area contributed by atoms with E-state index in [0.717, 1.165) is 12.1 Å². The van der Waals surface area contributed by atoms with Crippen molar-refractivity contribution in [3.05, 3.63) is 29.0 Å². The third-order valence-electron chi connectivity index (χ3n) is 2.33. The van der Waals surface area contributed by atoms with Crippen molar-refractivity contribution in [3.63, 3.8) is 0 Å². The van der Waals surface area contributed by atoms with Gasteiger partial charge in [-0.1, -0.05) is 32.4 Å². The van der Waals surface area contributed by atoms with E-state index >= 15 is 0 Å². The SMILES string of the molecule is CC(C)(C)Cc1cc(N)n(-c2ccc(Cl)nn2)n1. The molecule has 2 N–H and O–H groups in total. The second kappa shape index (κ2) is 4.57. The minimum Gasteiger partial charge on any atom is -0.384 e. The molecule has 0 amide bonds. The second-order valence-corrected chi connectivity index (χ2v) is 5.81. The number of hydrogen-bond donors (Lipinski definition) is 1. The summed E-state index contributed by atoms with van der Waals surface area (Å²) in [7, 11) is 0. The lowest BCUT2D eigenvalue weighted by molar-refractivity contribution is 0.405. The lowest BCUT2D eigenvalue weighted by Crippen LogP contribution is -2.10. The van der Waals surface area contributed by atoms with Crippen LogP contribution in [0.1, 0.15) is 26.5 Å². The van der Waals surface area contributed by atoms with E-state index in [9.17, 15) is 0 Å². The topological polar surface area (TPSA) is 69.6 Å². The largest absolute Gasteiger partial charge is 0.384 e. The van der Waals surface area contributed by atoms with Crippen LogP contribution in [0.25, 0.3) is 5.82 Å². The summed E-state index contributed by atoms with van der Waals surface area (Å²) in [6.07, 6.45) is 0.852. The highest BCUT2D eigenvalue weighted by atomic mass is 35.5. The predicted molar refractivity (Wildman–Crippen MR) is 71.7 cm³/mol. The fourth-order valence-electron chi connectivity index (χ4n) is 1.68. The molecule has 0 aromatic carbocycles. The summed E-state index contributed by atoms with van der Waals surface area (Å²) < 4.78 is 1.57. The number of nitrogen functional groups attached to an aromatic ring is 1. The molecular formula is C12H16ClN5. The van der Waals surface area contributed by atoms with Crippen LogP contribution in [0.5, 0.6) is 0 Å². The van der Waals surface area contributed by atoms with Crippen molar-refractivity contribution in [1.29, 1.82) is 0 Å². The molecule has 6 heteroatoms. The van der Waals surface area contributed by atoms with Gasteiger partial charge >= 0.3 is 0 Å². The van der Waals surface area contributed by atoms with E-state index in [1.165, 1.54) is 0 Å². The van der Waals surface area contributed by atoms with Gasteiger partial charge in [0.2, 0.25) is 0 Å². The third-order valence-corrected chi connectivity index (χ3v) is 2.54. The lowest BCUT2D eigenvalue weighted by Gasteiger charge is -2.15. The monoisotopic (exact) mass is 265 g/mol. The second-order valence-electron chi connectivity index (χ2n) is 5.42. The van der Waals surface area contributed by atoms with E-state index in [0.29, 0.717) is 16.8 Å². The summed E-state index contributed by atoms with van der Waals surface area (Å²) in [5, 5.41) is 12.5. The Morgan fingerprint density at radius 2 is 2.00 bits per heavy atom. The first kappa shape index (κ1) is 12.8. The molecule has 2 aromatic heterocycles. The molecule has 96 valence electrons. The minimum atomic E-state index is 0.164. The van der Waals surface area contributed by atoms with E-state index in [4.69, 9.17) is 17.3 Å². The highest BCUT2D eigenvalue weighted by Gasteiger charge is 2.16. The highest BCUT2D eigenvalue weighted by Crippen LogP contribution is 2.22. The number of hydrogen-bond acceptors (Lipinski definition) is 4. The highest BCUT2D eigenvalue weighted by molar-refractivity contribution is 6.29. The van der Waals surface area contributed by atoms with Gasteiger partial charge in [-0.25, -0.2) is 0 Å². The zero-order chi connectivity index (χ0) is 13.3. The van der Waals surface area contributed by atoms with Crippen LogP contribution in [0.2, 0.25) is 5.15 Å². The van der Waals surface area contributed by atoms with Crippen molar-refractivity contribution in [2.45, 2.75) is 27.2 Å². The van der Waals surface area contributed by atoms with Gasteiger partial charge in [-0.15, -0.1) is 10.2 Å². The van der Waals surface area contributed by atoms with Crippen molar-refractivity contribution in [2.24, 2.45) is 5.41 Å². The zero-order valence-electron chi connectivity index (χ0n) is 10.7. The maximum Gasteiger partial charge on any atom is 0.178 e. The van der Waals surface area contributed by atoms with Crippen molar-refractivity contribution in [3.8, 4) is 5.82 Å². The average Bonchev–Trinajstić information content (AvgIpc) is 2.58. The molecule has 0 aliphatic rings. The van der Waals surface area contributed by atoms with Crippen molar-refractivity contribution < 1.29 is 0 Å². The van der Waals surface area contributed by atoms with Gasteiger partial charge in [0.1, 0.15) is 5.82 Å². The Labute approximate surface area is 111 Å². The summed E-state index contributed by atoms with van der Waals surface area (Å²) in [6, 6.07) is 5.26.